The average molecular weight is 430 g/mol. The molecule has 1 aliphatic carbocycles. The van der Waals surface area contributed by atoms with Gasteiger partial charge in [0.15, 0.2) is 5.78 Å². The van der Waals surface area contributed by atoms with Crippen LogP contribution >= 0.6 is 11.8 Å². The molecule has 0 unspecified atom stereocenters. The van der Waals surface area contributed by atoms with Crippen molar-refractivity contribution in [1.29, 1.82) is 0 Å². The van der Waals surface area contributed by atoms with E-state index in [0.717, 1.165) is 39.1 Å². The van der Waals surface area contributed by atoms with Crippen LogP contribution in [0.1, 0.15) is 44.6 Å². The lowest BCUT2D eigenvalue weighted by Crippen LogP contribution is -2.15. The number of carbonyl (C=O) groups is 1. The molecule has 0 radical (unpaired) electrons. The Morgan fingerprint density at radius 1 is 0.935 bits per heavy atom. The highest BCUT2D eigenvalue weighted by molar-refractivity contribution is 7.99. The molecule has 0 bridgehead atoms. The average Bonchev–Trinajstić information content (AvgIpc) is 2.73. The molecule has 5 heteroatoms. The molecule has 0 spiro atoms. The van der Waals surface area contributed by atoms with Crippen molar-refractivity contribution < 1.29 is 9.72 Å². The quantitative estimate of drug-likeness (QED) is 0.257. The topological polar surface area (TPSA) is 60.2 Å². The van der Waals surface area contributed by atoms with Crippen LogP contribution in [0.4, 0.5) is 5.69 Å². The lowest BCUT2D eigenvalue weighted by molar-refractivity contribution is -0.387. The Labute approximate surface area is 186 Å². The number of rotatable bonds is 4. The minimum Gasteiger partial charge on any atom is -0.289 e. The van der Waals surface area contributed by atoms with Gasteiger partial charge in [-0.2, -0.15) is 0 Å². The molecule has 0 amide bonds. The normalized spacial score (nSPS) is 14.5. The SMILES string of the molecule is Cc1ccc(Sc2ccc(/C=C3/CCc4c(C)cc(C)cc4C3=O)cc2[N+](=O)[O-])cc1. The van der Waals surface area contributed by atoms with Crippen LogP contribution in [0.25, 0.3) is 6.08 Å². The van der Waals surface area contributed by atoms with E-state index in [1.807, 2.05) is 57.2 Å². The van der Waals surface area contributed by atoms with Crippen molar-refractivity contribution in [1.82, 2.24) is 0 Å². The predicted molar refractivity (Wildman–Crippen MR) is 125 cm³/mol. The number of Topliss-reactive ketones (excluding diaryl/α,β-unsaturated/α-hetero) is 1. The number of hydrogen-bond donors (Lipinski definition) is 0. The number of ketones is 1. The van der Waals surface area contributed by atoms with Gasteiger partial charge in [0.25, 0.3) is 5.69 Å². The third kappa shape index (κ3) is 4.47. The first-order valence-corrected chi connectivity index (χ1v) is 11.0. The molecule has 1 aliphatic rings. The lowest BCUT2D eigenvalue weighted by atomic mass is 9.83. The van der Waals surface area contributed by atoms with Gasteiger partial charge in [0.2, 0.25) is 0 Å². The van der Waals surface area contributed by atoms with E-state index in [1.165, 1.54) is 11.8 Å². The second kappa shape index (κ2) is 8.52. The number of nitrogens with zero attached hydrogens (tertiary/aromatic N) is 1. The number of fused-ring (bicyclic) bond motifs is 1. The molecule has 0 atom stereocenters. The molecule has 4 rings (SSSR count). The van der Waals surface area contributed by atoms with Crippen molar-refractivity contribution in [3.05, 3.63) is 104 Å². The van der Waals surface area contributed by atoms with E-state index >= 15 is 0 Å². The van der Waals surface area contributed by atoms with E-state index in [-0.39, 0.29) is 16.4 Å². The minimum atomic E-state index is -0.358. The smallest absolute Gasteiger partial charge is 0.283 e. The third-order valence-electron chi connectivity index (χ3n) is 5.57. The highest BCUT2D eigenvalue weighted by Crippen LogP contribution is 2.36. The summed E-state index contributed by atoms with van der Waals surface area (Å²) in [5, 5.41) is 11.7. The molecule has 156 valence electrons. The van der Waals surface area contributed by atoms with E-state index in [0.29, 0.717) is 22.5 Å². The summed E-state index contributed by atoms with van der Waals surface area (Å²) in [6.07, 6.45) is 3.25. The molecule has 4 nitrogen and oxygen atoms in total. The number of hydrogen-bond acceptors (Lipinski definition) is 4. The maximum atomic E-state index is 13.1. The zero-order valence-corrected chi connectivity index (χ0v) is 18.6. The molecule has 0 fully saturated rings. The first-order valence-electron chi connectivity index (χ1n) is 10.2. The molecular formula is C26H23NO3S. The van der Waals surface area contributed by atoms with Crippen LogP contribution in [0.3, 0.4) is 0 Å². The largest absolute Gasteiger partial charge is 0.289 e. The van der Waals surface area contributed by atoms with Crippen LogP contribution in [0.5, 0.6) is 0 Å². The molecule has 0 aromatic heterocycles. The highest BCUT2D eigenvalue weighted by Gasteiger charge is 2.24. The van der Waals surface area contributed by atoms with Crippen molar-refractivity contribution in [2.45, 2.75) is 43.4 Å². The molecule has 0 heterocycles. The fraction of sp³-hybridized carbons (Fsp3) is 0.192. The summed E-state index contributed by atoms with van der Waals surface area (Å²) in [7, 11) is 0. The fourth-order valence-electron chi connectivity index (χ4n) is 4.00. The van der Waals surface area contributed by atoms with Crippen molar-refractivity contribution in [3.63, 3.8) is 0 Å². The van der Waals surface area contributed by atoms with Gasteiger partial charge in [-0.3, -0.25) is 14.9 Å². The second-order valence-corrected chi connectivity index (χ2v) is 9.12. The van der Waals surface area contributed by atoms with Gasteiger partial charge < -0.3 is 0 Å². The van der Waals surface area contributed by atoms with Gasteiger partial charge in [0.1, 0.15) is 0 Å². The monoisotopic (exact) mass is 429 g/mol. The number of carbonyl (C=O) groups excluding carboxylic acids is 1. The second-order valence-electron chi connectivity index (χ2n) is 8.01. The summed E-state index contributed by atoms with van der Waals surface area (Å²) >= 11 is 1.37. The van der Waals surface area contributed by atoms with E-state index in [9.17, 15) is 14.9 Å². The maximum Gasteiger partial charge on any atom is 0.283 e. The zero-order chi connectivity index (χ0) is 22.1. The number of allylic oxidation sites excluding steroid dienone is 1. The van der Waals surface area contributed by atoms with Gasteiger partial charge in [0.05, 0.1) is 9.82 Å². The van der Waals surface area contributed by atoms with Crippen molar-refractivity contribution in [2.75, 3.05) is 0 Å². The van der Waals surface area contributed by atoms with Crippen LogP contribution < -0.4 is 0 Å². The van der Waals surface area contributed by atoms with Gasteiger partial charge in [-0.1, -0.05) is 47.2 Å². The van der Waals surface area contributed by atoms with Gasteiger partial charge in [0, 0.05) is 22.1 Å². The lowest BCUT2D eigenvalue weighted by Gasteiger charge is -2.20. The predicted octanol–water partition coefficient (Wildman–Crippen LogP) is 6.88. The van der Waals surface area contributed by atoms with E-state index in [4.69, 9.17) is 0 Å². The number of nitro benzene ring substituents is 1. The number of nitro groups is 1. The summed E-state index contributed by atoms with van der Waals surface area (Å²) in [5.74, 6) is 0.0220. The Kier molecular flexibility index (Phi) is 5.79. The molecular weight excluding hydrogens is 406 g/mol. The molecule has 3 aromatic carbocycles. The zero-order valence-electron chi connectivity index (χ0n) is 17.8. The van der Waals surface area contributed by atoms with Gasteiger partial charge in [-0.05, 0) is 80.6 Å². The molecule has 0 aliphatic heterocycles. The first kappa shape index (κ1) is 21.1. The Bertz CT molecular complexity index is 1230. The van der Waals surface area contributed by atoms with Crippen LogP contribution in [-0.4, -0.2) is 10.7 Å². The van der Waals surface area contributed by atoms with Crippen LogP contribution in [-0.2, 0) is 6.42 Å². The molecule has 0 saturated carbocycles. The van der Waals surface area contributed by atoms with E-state index in [1.54, 1.807) is 18.2 Å². The fourth-order valence-corrected chi connectivity index (χ4v) is 4.90. The summed E-state index contributed by atoms with van der Waals surface area (Å²) in [6.45, 7) is 6.04. The van der Waals surface area contributed by atoms with E-state index in [2.05, 4.69) is 6.07 Å². The van der Waals surface area contributed by atoms with Crippen molar-refractivity contribution >= 4 is 29.3 Å². The Balaban J connectivity index is 1.66. The van der Waals surface area contributed by atoms with Crippen molar-refractivity contribution in [3.8, 4) is 0 Å². The van der Waals surface area contributed by atoms with Gasteiger partial charge in [-0.15, -0.1) is 0 Å². The number of aryl methyl sites for hydroxylation is 3. The summed E-state index contributed by atoms with van der Waals surface area (Å²) in [5.41, 5.74) is 6.66. The minimum absolute atomic E-state index is 0.0220. The van der Waals surface area contributed by atoms with Crippen LogP contribution in [0.15, 0.2) is 70.0 Å². The summed E-state index contributed by atoms with van der Waals surface area (Å²) < 4.78 is 0. The first-order chi connectivity index (χ1) is 14.8. The Morgan fingerprint density at radius 3 is 2.39 bits per heavy atom. The standard InChI is InChI=1S/C26H23NO3S/c1-16-4-8-21(9-5-16)31-25-11-6-19(15-24(25)27(29)30)14-20-7-10-22-18(3)12-17(2)13-23(22)26(20)28/h4-6,8-9,11-15H,7,10H2,1-3H3/b20-14-. The number of benzene rings is 3. The van der Waals surface area contributed by atoms with Gasteiger partial charge in [-0.25, -0.2) is 0 Å². The van der Waals surface area contributed by atoms with Crippen LogP contribution in [0, 0.1) is 30.9 Å². The molecule has 3 aromatic rings. The highest BCUT2D eigenvalue weighted by atomic mass is 32.2. The molecule has 31 heavy (non-hydrogen) atoms. The summed E-state index contributed by atoms with van der Waals surface area (Å²) in [6, 6.07) is 17.1. The maximum absolute atomic E-state index is 13.1. The van der Waals surface area contributed by atoms with Crippen molar-refractivity contribution in [2.24, 2.45) is 0 Å². The van der Waals surface area contributed by atoms with Crippen LogP contribution in [0.2, 0.25) is 0 Å². The Hall–Kier alpha value is -3.18. The van der Waals surface area contributed by atoms with E-state index < -0.39 is 0 Å². The van der Waals surface area contributed by atoms with Gasteiger partial charge >= 0.3 is 0 Å². The summed E-state index contributed by atoms with van der Waals surface area (Å²) in [4.78, 5) is 26.0. The molecule has 0 saturated heterocycles. The third-order valence-corrected chi connectivity index (χ3v) is 6.64. The Morgan fingerprint density at radius 2 is 1.68 bits per heavy atom. The molecule has 0 N–H and O–H groups in total.